The number of hydrogen-bond donors (Lipinski definition) is 2. The van der Waals surface area contributed by atoms with Gasteiger partial charge in [0.2, 0.25) is 0 Å². The lowest BCUT2D eigenvalue weighted by Crippen LogP contribution is -2.36. The molecule has 2 heterocycles. The first-order valence-electron chi connectivity index (χ1n) is 7.88. The van der Waals surface area contributed by atoms with Gasteiger partial charge in [0.25, 0.3) is 5.91 Å². The number of aryl methyl sites for hydroxylation is 1. The Morgan fingerprint density at radius 2 is 2.26 bits per heavy atom. The van der Waals surface area contributed by atoms with Crippen molar-refractivity contribution < 1.29 is 15.0 Å². The van der Waals surface area contributed by atoms with E-state index in [4.69, 9.17) is 0 Å². The number of thiophene rings is 1. The maximum Gasteiger partial charge on any atom is 0.254 e. The summed E-state index contributed by atoms with van der Waals surface area (Å²) in [6.07, 6.45) is 1.89. The van der Waals surface area contributed by atoms with E-state index < -0.39 is 6.10 Å². The highest BCUT2D eigenvalue weighted by molar-refractivity contribution is 7.10. The molecule has 1 aromatic heterocycles. The van der Waals surface area contributed by atoms with Gasteiger partial charge in [-0.25, -0.2) is 0 Å². The van der Waals surface area contributed by atoms with Crippen molar-refractivity contribution in [2.24, 2.45) is 0 Å². The number of carbonyl (C=O) groups is 1. The molecule has 0 aliphatic carbocycles. The average molecular weight is 331 g/mol. The molecule has 2 aromatic rings. The fourth-order valence-electron chi connectivity index (χ4n) is 3.11. The Labute approximate surface area is 140 Å². The molecule has 0 bridgehead atoms. The topological polar surface area (TPSA) is 60.8 Å². The van der Waals surface area contributed by atoms with E-state index in [0.29, 0.717) is 18.5 Å². The van der Waals surface area contributed by atoms with Crippen molar-refractivity contribution in [3.8, 4) is 5.75 Å². The summed E-state index contributed by atoms with van der Waals surface area (Å²) in [6.45, 7) is 2.51. The standard InChI is InChI=1S/C18H21NO3S/c1-12-6-7-13(10-15(12)20)18(22)19-8-2-4-14(19)11-16(21)17-5-3-9-23-17/h3,5-7,9-10,14,16,20-21H,2,4,8,11H2,1H3. The minimum absolute atomic E-state index is 0.0445. The van der Waals surface area contributed by atoms with Gasteiger partial charge in [0.1, 0.15) is 5.75 Å². The monoisotopic (exact) mass is 331 g/mol. The second-order valence-corrected chi connectivity index (χ2v) is 7.04. The molecule has 1 fully saturated rings. The van der Waals surface area contributed by atoms with Crippen molar-refractivity contribution in [3.05, 3.63) is 51.7 Å². The van der Waals surface area contributed by atoms with Crippen LogP contribution in [0.3, 0.4) is 0 Å². The first kappa shape index (κ1) is 16.0. The van der Waals surface area contributed by atoms with Gasteiger partial charge in [-0.3, -0.25) is 4.79 Å². The van der Waals surface area contributed by atoms with Gasteiger partial charge in [-0.15, -0.1) is 11.3 Å². The van der Waals surface area contributed by atoms with Crippen molar-refractivity contribution in [3.63, 3.8) is 0 Å². The lowest BCUT2D eigenvalue weighted by atomic mass is 10.0. The number of amides is 1. The van der Waals surface area contributed by atoms with E-state index in [9.17, 15) is 15.0 Å². The number of rotatable bonds is 4. The van der Waals surface area contributed by atoms with Crippen molar-refractivity contribution in [2.45, 2.75) is 38.3 Å². The Balaban J connectivity index is 1.73. The van der Waals surface area contributed by atoms with Gasteiger partial charge in [-0.2, -0.15) is 0 Å². The third-order valence-electron chi connectivity index (χ3n) is 4.46. The van der Waals surface area contributed by atoms with Gasteiger partial charge in [0, 0.05) is 23.0 Å². The van der Waals surface area contributed by atoms with Gasteiger partial charge in [-0.1, -0.05) is 12.1 Å². The number of likely N-dealkylation sites (tertiary alicyclic amines) is 1. The number of phenols is 1. The average Bonchev–Trinajstić information content (AvgIpc) is 3.20. The molecule has 1 amide bonds. The highest BCUT2D eigenvalue weighted by atomic mass is 32.1. The van der Waals surface area contributed by atoms with Crippen LogP contribution in [0.5, 0.6) is 5.75 Å². The number of hydrogen-bond acceptors (Lipinski definition) is 4. The van der Waals surface area contributed by atoms with Gasteiger partial charge >= 0.3 is 0 Å². The number of aromatic hydroxyl groups is 1. The molecular weight excluding hydrogens is 310 g/mol. The van der Waals surface area contributed by atoms with Crippen LogP contribution >= 0.6 is 11.3 Å². The summed E-state index contributed by atoms with van der Waals surface area (Å²) in [5.41, 5.74) is 1.26. The molecule has 3 rings (SSSR count). The van der Waals surface area contributed by atoms with Crippen LogP contribution in [0.2, 0.25) is 0 Å². The second-order valence-electron chi connectivity index (χ2n) is 6.06. The second kappa shape index (κ2) is 6.72. The molecule has 0 radical (unpaired) electrons. The van der Waals surface area contributed by atoms with Crippen molar-refractivity contribution in [1.29, 1.82) is 0 Å². The summed E-state index contributed by atoms with van der Waals surface area (Å²) in [5.74, 6) is 0.0754. The summed E-state index contributed by atoms with van der Waals surface area (Å²) < 4.78 is 0. The number of carbonyl (C=O) groups excluding carboxylic acids is 1. The maximum absolute atomic E-state index is 12.7. The van der Waals surface area contributed by atoms with Crippen molar-refractivity contribution in [1.82, 2.24) is 4.90 Å². The van der Waals surface area contributed by atoms with Gasteiger partial charge in [0.05, 0.1) is 6.10 Å². The predicted octanol–water partition coefficient (Wildman–Crippen LogP) is 3.49. The lowest BCUT2D eigenvalue weighted by Gasteiger charge is -2.26. The van der Waals surface area contributed by atoms with Crippen LogP contribution in [0.1, 0.15) is 46.2 Å². The van der Waals surface area contributed by atoms with Gasteiger partial charge in [-0.05, 0) is 55.3 Å². The first-order valence-corrected chi connectivity index (χ1v) is 8.76. The molecule has 1 aliphatic rings. The molecule has 1 aliphatic heterocycles. The lowest BCUT2D eigenvalue weighted by molar-refractivity contribution is 0.0669. The summed E-state index contributed by atoms with van der Waals surface area (Å²) in [5, 5.41) is 22.1. The molecule has 2 unspecified atom stereocenters. The Morgan fingerprint density at radius 1 is 1.43 bits per heavy atom. The fraction of sp³-hybridized carbons (Fsp3) is 0.389. The Bertz CT molecular complexity index is 684. The normalized spacial score (nSPS) is 19.0. The van der Waals surface area contributed by atoms with Crippen molar-refractivity contribution >= 4 is 17.2 Å². The predicted molar refractivity (Wildman–Crippen MR) is 90.8 cm³/mol. The number of nitrogens with zero attached hydrogens (tertiary/aromatic N) is 1. The van der Waals surface area contributed by atoms with Crippen LogP contribution in [-0.4, -0.2) is 33.6 Å². The van der Waals surface area contributed by atoms with Crippen LogP contribution < -0.4 is 0 Å². The summed E-state index contributed by atoms with van der Waals surface area (Å²) in [7, 11) is 0. The maximum atomic E-state index is 12.7. The quantitative estimate of drug-likeness (QED) is 0.901. The van der Waals surface area contributed by atoms with Crippen LogP contribution in [-0.2, 0) is 0 Å². The molecule has 122 valence electrons. The van der Waals surface area contributed by atoms with E-state index in [0.717, 1.165) is 23.3 Å². The summed E-state index contributed by atoms with van der Waals surface area (Å²) in [4.78, 5) is 15.5. The number of aliphatic hydroxyl groups is 1. The van der Waals surface area contributed by atoms with Crippen LogP contribution in [0.15, 0.2) is 35.7 Å². The van der Waals surface area contributed by atoms with Crippen LogP contribution in [0.4, 0.5) is 0 Å². The third kappa shape index (κ3) is 3.41. The number of aliphatic hydroxyl groups excluding tert-OH is 1. The minimum atomic E-state index is -0.528. The Hall–Kier alpha value is -1.85. The molecule has 1 saturated heterocycles. The highest BCUT2D eigenvalue weighted by Crippen LogP contribution is 2.31. The van der Waals surface area contributed by atoms with Crippen molar-refractivity contribution in [2.75, 3.05) is 6.54 Å². The van der Waals surface area contributed by atoms with Gasteiger partial charge in [0.15, 0.2) is 0 Å². The molecule has 1 aromatic carbocycles. The molecule has 2 atom stereocenters. The Morgan fingerprint density at radius 3 is 2.96 bits per heavy atom. The summed E-state index contributed by atoms with van der Waals surface area (Å²) >= 11 is 1.54. The van der Waals surface area contributed by atoms with E-state index in [1.807, 2.05) is 22.4 Å². The van der Waals surface area contributed by atoms with E-state index in [-0.39, 0.29) is 17.7 Å². The zero-order chi connectivity index (χ0) is 16.4. The van der Waals surface area contributed by atoms with E-state index in [1.165, 1.54) is 17.4 Å². The Kier molecular flexibility index (Phi) is 4.68. The van der Waals surface area contributed by atoms with E-state index >= 15 is 0 Å². The van der Waals surface area contributed by atoms with Crippen LogP contribution in [0, 0.1) is 6.92 Å². The van der Waals surface area contributed by atoms with E-state index in [2.05, 4.69) is 0 Å². The fourth-order valence-corrected chi connectivity index (χ4v) is 3.84. The van der Waals surface area contributed by atoms with Gasteiger partial charge < -0.3 is 15.1 Å². The smallest absolute Gasteiger partial charge is 0.254 e. The molecule has 0 saturated carbocycles. The molecule has 23 heavy (non-hydrogen) atoms. The zero-order valence-electron chi connectivity index (χ0n) is 13.1. The number of phenolic OH excluding ortho intramolecular Hbond substituents is 1. The minimum Gasteiger partial charge on any atom is -0.508 e. The molecule has 5 heteroatoms. The zero-order valence-corrected chi connectivity index (χ0v) is 13.9. The number of benzene rings is 1. The van der Waals surface area contributed by atoms with E-state index in [1.54, 1.807) is 19.1 Å². The highest BCUT2D eigenvalue weighted by Gasteiger charge is 2.31. The molecule has 4 nitrogen and oxygen atoms in total. The largest absolute Gasteiger partial charge is 0.508 e. The molecule has 0 spiro atoms. The summed E-state index contributed by atoms with van der Waals surface area (Å²) in [6, 6.07) is 8.94. The SMILES string of the molecule is Cc1ccc(C(=O)N2CCCC2CC(O)c2cccs2)cc1O. The third-order valence-corrected chi connectivity index (χ3v) is 5.43. The molecular formula is C18H21NO3S. The molecule has 2 N–H and O–H groups in total. The first-order chi connectivity index (χ1) is 11.1. The van der Waals surface area contributed by atoms with Crippen LogP contribution in [0.25, 0.3) is 0 Å².